The van der Waals surface area contributed by atoms with Crippen LogP contribution in [0.5, 0.6) is 0 Å². The zero-order chi connectivity index (χ0) is 25.5. The van der Waals surface area contributed by atoms with Crippen molar-refractivity contribution in [2.75, 3.05) is 26.9 Å². The van der Waals surface area contributed by atoms with Crippen LogP contribution in [0.15, 0.2) is 76.0 Å². The Morgan fingerprint density at radius 1 is 1.17 bits per heavy atom. The third kappa shape index (κ3) is 5.98. The van der Waals surface area contributed by atoms with Crippen molar-refractivity contribution in [3.63, 3.8) is 0 Å². The Labute approximate surface area is 219 Å². The highest BCUT2D eigenvalue weighted by atomic mass is 35.5. The first-order valence-corrected chi connectivity index (χ1v) is 12.8. The molecule has 0 aliphatic carbocycles. The summed E-state index contributed by atoms with van der Waals surface area (Å²) in [5.41, 5.74) is 3.31. The van der Waals surface area contributed by atoms with Gasteiger partial charge in [0.25, 0.3) is 0 Å². The van der Waals surface area contributed by atoms with E-state index in [1.54, 1.807) is 26.3 Å². The average molecular weight is 527 g/mol. The lowest BCUT2D eigenvalue weighted by Crippen LogP contribution is -2.38. The number of thioether (sulfide) groups is 1. The first-order valence-electron chi connectivity index (χ1n) is 11.5. The number of hydrogen-bond acceptors (Lipinski definition) is 8. The second-order valence-corrected chi connectivity index (χ2v) is 9.38. The van der Waals surface area contributed by atoms with Crippen LogP contribution in [0.2, 0.25) is 5.02 Å². The minimum absolute atomic E-state index is 0.119. The molecule has 1 aromatic heterocycles. The maximum atomic E-state index is 13.2. The fraction of sp³-hybridized carbons (Fsp3) is 0.308. The molecule has 1 atom stereocenters. The van der Waals surface area contributed by atoms with Crippen LogP contribution in [-0.4, -0.2) is 53.8 Å². The number of aromatic nitrogens is 1. The molecule has 0 bridgehead atoms. The van der Waals surface area contributed by atoms with Crippen LogP contribution >= 0.6 is 23.4 Å². The number of carbonyl (C=O) groups excluding carboxylic acids is 2. The number of hydrogen-bond donors (Lipinski definition) is 1. The van der Waals surface area contributed by atoms with Gasteiger partial charge in [-0.05, 0) is 36.1 Å². The minimum atomic E-state index is -0.580. The fourth-order valence-electron chi connectivity index (χ4n) is 4.02. The van der Waals surface area contributed by atoms with E-state index in [2.05, 4.69) is 15.3 Å². The normalized spacial score (nSPS) is 16.9. The van der Waals surface area contributed by atoms with Crippen LogP contribution in [0.4, 0.5) is 0 Å². The molecule has 0 fully saturated rings. The van der Waals surface area contributed by atoms with Gasteiger partial charge in [-0.25, -0.2) is 9.79 Å². The maximum absolute atomic E-state index is 13.2. The number of ether oxygens (including phenoxy) is 2. The predicted molar refractivity (Wildman–Crippen MR) is 140 cm³/mol. The molecule has 10 heteroatoms. The third-order valence-corrected chi connectivity index (χ3v) is 6.95. The summed E-state index contributed by atoms with van der Waals surface area (Å²) in [5.74, 6) is -0.624. The zero-order valence-corrected chi connectivity index (χ0v) is 21.6. The Hall–Kier alpha value is -3.14. The third-order valence-electron chi connectivity index (χ3n) is 5.71. The molecule has 1 amide bonds. The number of benzene rings is 1. The summed E-state index contributed by atoms with van der Waals surface area (Å²) in [6, 6.07) is 12.5. The van der Waals surface area contributed by atoms with Gasteiger partial charge in [-0.3, -0.25) is 9.78 Å². The summed E-state index contributed by atoms with van der Waals surface area (Å²) in [4.78, 5) is 36.9. The molecule has 1 aromatic carbocycles. The summed E-state index contributed by atoms with van der Waals surface area (Å²) >= 11 is 8.01. The molecule has 1 N–H and O–H groups in total. The lowest BCUT2D eigenvalue weighted by Gasteiger charge is -2.36. The van der Waals surface area contributed by atoms with Gasteiger partial charge in [0, 0.05) is 42.7 Å². The highest BCUT2D eigenvalue weighted by Gasteiger charge is 2.41. The smallest absolute Gasteiger partial charge is 0.338 e. The number of esters is 1. The van der Waals surface area contributed by atoms with Crippen LogP contribution < -0.4 is 5.32 Å². The van der Waals surface area contributed by atoms with E-state index in [0.29, 0.717) is 34.4 Å². The van der Waals surface area contributed by atoms with E-state index < -0.39 is 12.0 Å². The molecule has 36 heavy (non-hydrogen) atoms. The van der Waals surface area contributed by atoms with Crippen LogP contribution in [0.3, 0.4) is 0 Å². The van der Waals surface area contributed by atoms with E-state index in [1.807, 2.05) is 46.7 Å². The molecule has 0 saturated heterocycles. The Kier molecular flexibility index (Phi) is 8.79. The van der Waals surface area contributed by atoms with Crippen molar-refractivity contribution in [2.45, 2.75) is 25.8 Å². The quantitative estimate of drug-likeness (QED) is 0.365. The summed E-state index contributed by atoms with van der Waals surface area (Å²) in [7, 11) is 1.54. The number of fused-ring (bicyclic) bond motifs is 1. The lowest BCUT2D eigenvalue weighted by atomic mass is 9.93. The molecule has 188 valence electrons. The van der Waals surface area contributed by atoms with Crippen molar-refractivity contribution in [1.82, 2.24) is 15.2 Å². The number of amides is 1. The van der Waals surface area contributed by atoms with Gasteiger partial charge in [0.1, 0.15) is 6.61 Å². The molecule has 8 nitrogen and oxygen atoms in total. The highest BCUT2D eigenvalue weighted by molar-refractivity contribution is 8.16. The van der Waals surface area contributed by atoms with Gasteiger partial charge in [-0.2, -0.15) is 0 Å². The maximum Gasteiger partial charge on any atom is 0.338 e. The highest BCUT2D eigenvalue weighted by Crippen LogP contribution is 2.46. The van der Waals surface area contributed by atoms with E-state index >= 15 is 0 Å². The molecular formula is C26H27ClN4O4S. The molecule has 0 saturated carbocycles. The Bertz CT molecular complexity index is 1220. The second kappa shape index (κ2) is 12.2. The van der Waals surface area contributed by atoms with Gasteiger partial charge in [0.2, 0.25) is 5.91 Å². The predicted octanol–water partition coefficient (Wildman–Crippen LogP) is 4.25. The Balaban J connectivity index is 1.55. The number of aliphatic imine (C=N–C) groups is 1. The number of nitrogens with zero attached hydrogens (tertiary/aromatic N) is 3. The van der Waals surface area contributed by atoms with Crippen molar-refractivity contribution in [1.29, 1.82) is 0 Å². The number of carbonyl (C=O) groups is 2. The van der Waals surface area contributed by atoms with Crippen LogP contribution in [-0.2, 0) is 25.5 Å². The van der Waals surface area contributed by atoms with E-state index in [9.17, 15) is 9.59 Å². The molecule has 2 aliphatic rings. The number of methoxy groups -OCH3 is 1. The van der Waals surface area contributed by atoms with Gasteiger partial charge in [0.05, 0.1) is 30.3 Å². The number of allylic oxidation sites excluding steroid dienone is 1. The van der Waals surface area contributed by atoms with E-state index in [0.717, 1.165) is 17.0 Å². The largest absolute Gasteiger partial charge is 0.460 e. The van der Waals surface area contributed by atoms with Gasteiger partial charge in [0.15, 0.2) is 5.17 Å². The Morgan fingerprint density at radius 3 is 2.72 bits per heavy atom. The molecular weight excluding hydrogens is 500 g/mol. The number of pyridine rings is 1. The molecule has 2 aliphatic heterocycles. The number of amidine groups is 1. The van der Waals surface area contributed by atoms with Crippen molar-refractivity contribution in [2.24, 2.45) is 4.99 Å². The first kappa shape index (κ1) is 25.9. The average Bonchev–Trinajstić information content (AvgIpc) is 3.26. The van der Waals surface area contributed by atoms with Crippen molar-refractivity contribution >= 4 is 40.4 Å². The van der Waals surface area contributed by atoms with Gasteiger partial charge in [-0.1, -0.05) is 47.6 Å². The summed E-state index contributed by atoms with van der Waals surface area (Å²) < 4.78 is 10.5. The molecule has 0 radical (unpaired) electrons. The van der Waals surface area contributed by atoms with Crippen LogP contribution in [0.25, 0.3) is 0 Å². The topological polar surface area (TPSA) is 93.1 Å². The van der Waals surface area contributed by atoms with Crippen LogP contribution in [0, 0.1) is 0 Å². The molecule has 0 spiro atoms. The fourth-order valence-corrected chi connectivity index (χ4v) is 5.22. The number of halogens is 1. The molecule has 4 rings (SSSR count). The molecule has 0 unspecified atom stereocenters. The van der Waals surface area contributed by atoms with E-state index in [1.165, 1.54) is 11.8 Å². The van der Waals surface area contributed by atoms with Crippen molar-refractivity contribution in [3.05, 3.63) is 87.3 Å². The Morgan fingerprint density at radius 2 is 1.97 bits per heavy atom. The van der Waals surface area contributed by atoms with Gasteiger partial charge < -0.3 is 19.7 Å². The molecule has 3 heterocycles. The first-order chi connectivity index (χ1) is 17.5. The minimum Gasteiger partial charge on any atom is -0.460 e. The van der Waals surface area contributed by atoms with Crippen LogP contribution in [0.1, 0.15) is 30.6 Å². The van der Waals surface area contributed by atoms with Gasteiger partial charge >= 0.3 is 5.97 Å². The summed E-state index contributed by atoms with van der Waals surface area (Å²) in [5, 5.41) is 6.05. The van der Waals surface area contributed by atoms with Crippen molar-refractivity contribution in [3.8, 4) is 0 Å². The zero-order valence-electron chi connectivity index (χ0n) is 20.1. The summed E-state index contributed by atoms with van der Waals surface area (Å²) in [6.07, 6.45) is 2.50. The van der Waals surface area contributed by atoms with Crippen molar-refractivity contribution < 1.29 is 19.1 Å². The molecule has 2 aromatic rings. The number of rotatable bonds is 10. The second-order valence-electron chi connectivity index (χ2n) is 8.14. The lowest BCUT2D eigenvalue weighted by molar-refractivity contribution is -0.141. The monoisotopic (exact) mass is 526 g/mol. The SMILES string of the molecule is COCCOC(=O)C1=C(C)N=C2SC=C(CC(=O)NCCc3ccccn3)N2[C@@H]1c1ccccc1Cl. The number of nitrogens with one attached hydrogen (secondary N) is 1. The van der Waals surface area contributed by atoms with E-state index in [4.69, 9.17) is 21.1 Å². The summed E-state index contributed by atoms with van der Waals surface area (Å²) in [6.45, 7) is 2.66. The van der Waals surface area contributed by atoms with E-state index in [-0.39, 0.29) is 25.5 Å². The standard InChI is InChI=1S/C26H27ClN4O4S/c1-17-23(25(33)35-14-13-34-2)24(20-8-3-4-9-21(20)27)31-19(16-36-26(31)30-17)15-22(32)29-12-10-18-7-5-6-11-28-18/h3-9,11,16,24H,10,12-15H2,1-2H3,(H,29,32)/t24-/m1/s1. The van der Waals surface area contributed by atoms with Gasteiger partial charge in [-0.15, -0.1) is 0 Å².